The van der Waals surface area contributed by atoms with Crippen LogP contribution in [0, 0.1) is 0 Å². The van der Waals surface area contributed by atoms with Crippen LogP contribution in [-0.4, -0.2) is 34.8 Å². The summed E-state index contributed by atoms with van der Waals surface area (Å²) in [6, 6.07) is 42.7. The van der Waals surface area contributed by atoms with Crippen molar-refractivity contribution in [3.63, 3.8) is 0 Å². The zero-order valence-corrected chi connectivity index (χ0v) is 25.0. The molecule has 0 spiro atoms. The zero-order valence-electron chi connectivity index (χ0n) is 22.9. The third-order valence-corrected chi connectivity index (χ3v) is 11.2. The second kappa shape index (κ2) is 11.6. The molecule has 1 fully saturated rings. The SMILES string of the molecule is CC(C)(C)OC(=O)N1C[C@H](P(c2ccccc2)c2ccccc2)C[C@@H]1C(P)(c1ccccc1)c1ccccc1. The number of carbonyl (C=O) groups is 1. The highest BCUT2D eigenvalue weighted by Gasteiger charge is 2.51. The molecule has 4 aromatic rings. The van der Waals surface area contributed by atoms with E-state index < -0.39 is 18.7 Å². The fourth-order valence-electron chi connectivity index (χ4n) is 5.68. The average molecular weight is 554 g/mol. The topological polar surface area (TPSA) is 29.5 Å². The number of hydrogen-bond donors (Lipinski definition) is 0. The maximum absolute atomic E-state index is 13.9. The zero-order chi connectivity index (χ0) is 27.5. The van der Waals surface area contributed by atoms with E-state index in [1.54, 1.807) is 0 Å². The van der Waals surface area contributed by atoms with Crippen LogP contribution in [0.4, 0.5) is 4.79 Å². The molecule has 0 N–H and O–H groups in total. The summed E-state index contributed by atoms with van der Waals surface area (Å²) in [5, 5.41) is 2.17. The summed E-state index contributed by atoms with van der Waals surface area (Å²) in [6.07, 6.45) is 0.618. The molecule has 1 saturated heterocycles. The molecule has 1 aliphatic heterocycles. The average Bonchev–Trinajstić information content (AvgIpc) is 3.40. The molecule has 0 bridgehead atoms. The van der Waals surface area contributed by atoms with Gasteiger partial charge in [-0.2, -0.15) is 0 Å². The van der Waals surface area contributed by atoms with Gasteiger partial charge in [-0.1, -0.05) is 121 Å². The van der Waals surface area contributed by atoms with E-state index in [-0.39, 0.29) is 17.8 Å². The van der Waals surface area contributed by atoms with Crippen molar-refractivity contribution in [1.29, 1.82) is 0 Å². The molecule has 1 unspecified atom stereocenters. The van der Waals surface area contributed by atoms with Crippen molar-refractivity contribution in [2.45, 2.75) is 49.6 Å². The van der Waals surface area contributed by atoms with Gasteiger partial charge in [0.15, 0.2) is 0 Å². The van der Waals surface area contributed by atoms with Crippen LogP contribution in [0.5, 0.6) is 0 Å². The minimum atomic E-state index is -0.707. The fraction of sp³-hybridized carbons (Fsp3) is 0.265. The molecular formula is C34H37NO2P2. The minimum Gasteiger partial charge on any atom is -0.444 e. The van der Waals surface area contributed by atoms with Crippen molar-refractivity contribution in [2.75, 3.05) is 6.54 Å². The van der Waals surface area contributed by atoms with Gasteiger partial charge in [-0.15, -0.1) is 9.24 Å². The van der Waals surface area contributed by atoms with Crippen molar-refractivity contribution < 1.29 is 9.53 Å². The van der Waals surface area contributed by atoms with Gasteiger partial charge in [0.2, 0.25) is 0 Å². The maximum atomic E-state index is 13.9. The highest BCUT2D eigenvalue weighted by atomic mass is 31.1. The van der Waals surface area contributed by atoms with Crippen LogP contribution in [0.1, 0.15) is 38.3 Å². The van der Waals surface area contributed by atoms with Gasteiger partial charge >= 0.3 is 6.09 Å². The van der Waals surface area contributed by atoms with E-state index in [0.717, 1.165) is 6.42 Å². The molecule has 5 heteroatoms. The quantitative estimate of drug-likeness (QED) is 0.234. The Morgan fingerprint density at radius 2 is 1.15 bits per heavy atom. The lowest BCUT2D eigenvalue weighted by Gasteiger charge is -2.41. The lowest BCUT2D eigenvalue weighted by atomic mass is 9.82. The molecule has 0 aromatic heterocycles. The molecule has 1 amide bonds. The molecule has 0 radical (unpaired) electrons. The number of nitrogens with zero attached hydrogens (tertiary/aromatic N) is 1. The Morgan fingerprint density at radius 1 is 0.744 bits per heavy atom. The van der Waals surface area contributed by atoms with E-state index >= 15 is 0 Å². The number of likely N-dealkylation sites (tertiary alicyclic amines) is 1. The van der Waals surface area contributed by atoms with E-state index in [1.807, 2.05) is 37.8 Å². The molecule has 1 aliphatic rings. The molecule has 39 heavy (non-hydrogen) atoms. The lowest BCUT2D eigenvalue weighted by molar-refractivity contribution is 0.0204. The van der Waals surface area contributed by atoms with Gasteiger partial charge in [-0.3, -0.25) is 0 Å². The highest BCUT2D eigenvalue weighted by molar-refractivity contribution is 7.73. The molecule has 3 atom stereocenters. The normalized spacial score (nSPS) is 17.8. The van der Waals surface area contributed by atoms with E-state index in [1.165, 1.54) is 21.7 Å². The van der Waals surface area contributed by atoms with Gasteiger partial charge in [-0.05, 0) is 56.8 Å². The number of ether oxygens (including phenoxy) is 1. The lowest BCUT2D eigenvalue weighted by Crippen LogP contribution is -2.48. The molecule has 0 saturated carbocycles. The van der Waals surface area contributed by atoms with Crippen LogP contribution >= 0.6 is 17.2 Å². The van der Waals surface area contributed by atoms with Gasteiger partial charge in [0.05, 0.1) is 11.2 Å². The van der Waals surface area contributed by atoms with E-state index in [0.29, 0.717) is 6.54 Å². The first-order valence-electron chi connectivity index (χ1n) is 13.6. The van der Waals surface area contributed by atoms with Crippen LogP contribution in [0.3, 0.4) is 0 Å². The summed E-state index contributed by atoms with van der Waals surface area (Å²) in [4.78, 5) is 15.9. The predicted octanol–water partition coefficient (Wildman–Crippen LogP) is 7.32. The second-order valence-corrected chi connectivity index (χ2v) is 14.6. The van der Waals surface area contributed by atoms with E-state index in [9.17, 15) is 4.79 Å². The Labute approximate surface area is 236 Å². The van der Waals surface area contributed by atoms with E-state index in [4.69, 9.17) is 4.74 Å². The Bertz CT molecular complexity index is 1280. The van der Waals surface area contributed by atoms with Crippen LogP contribution in [0.15, 0.2) is 121 Å². The Balaban J connectivity index is 1.64. The number of amides is 1. The first kappa shape index (κ1) is 27.6. The molecule has 3 nitrogen and oxygen atoms in total. The summed E-state index contributed by atoms with van der Waals surface area (Å²) >= 11 is 0. The number of hydrogen-bond acceptors (Lipinski definition) is 2. The van der Waals surface area contributed by atoms with Crippen molar-refractivity contribution in [3.05, 3.63) is 132 Å². The smallest absolute Gasteiger partial charge is 0.410 e. The van der Waals surface area contributed by atoms with Gasteiger partial charge in [0.1, 0.15) is 5.60 Å². The molecule has 0 aliphatic carbocycles. The van der Waals surface area contributed by atoms with Crippen LogP contribution < -0.4 is 10.6 Å². The second-order valence-electron chi connectivity index (χ2n) is 11.2. The van der Waals surface area contributed by atoms with Crippen molar-refractivity contribution in [3.8, 4) is 0 Å². The largest absolute Gasteiger partial charge is 0.444 e. The van der Waals surface area contributed by atoms with Gasteiger partial charge < -0.3 is 9.64 Å². The molecular weight excluding hydrogens is 516 g/mol. The molecule has 5 rings (SSSR count). The summed E-state index contributed by atoms with van der Waals surface area (Å²) in [5.41, 5.74) is 2.04. The molecule has 200 valence electrons. The van der Waals surface area contributed by atoms with Gasteiger partial charge in [0.25, 0.3) is 0 Å². The van der Waals surface area contributed by atoms with E-state index in [2.05, 4.69) is 118 Å². The third kappa shape index (κ3) is 5.96. The van der Waals surface area contributed by atoms with Crippen LogP contribution in [0.2, 0.25) is 0 Å². The molecule has 4 aromatic carbocycles. The van der Waals surface area contributed by atoms with Crippen LogP contribution in [0.25, 0.3) is 0 Å². The van der Waals surface area contributed by atoms with Gasteiger partial charge in [0, 0.05) is 12.2 Å². The summed E-state index contributed by atoms with van der Waals surface area (Å²) in [7, 11) is 2.47. The third-order valence-electron chi connectivity index (χ3n) is 7.37. The standard InChI is InChI=1S/C34H37NO2P2/c1-33(2,3)37-32(36)35-25-30(39(28-20-12-6-13-21-28)29-22-14-7-15-23-29)24-31(35)34(38,26-16-8-4-9-17-26)27-18-10-5-11-19-27/h4-23,30-31H,24-25,38H2,1-3H3/t30-,31-/m1/s1. The van der Waals surface area contributed by atoms with Crippen LogP contribution in [-0.2, 0) is 9.89 Å². The summed E-state index contributed by atoms with van der Waals surface area (Å²) in [6.45, 7) is 6.47. The molecule has 1 heterocycles. The first-order valence-corrected chi connectivity index (χ1v) is 15.5. The predicted molar refractivity (Wildman–Crippen MR) is 168 cm³/mol. The number of carbonyl (C=O) groups excluding carboxylic acids is 1. The number of benzene rings is 4. The summed E-state index contributed by atoms with van der Waals surface area (Å²) < 4.78 is 6.04. The maximum Gasteiger partial charge on any atom is 0.410 e. The fourth-order valence-corrected chi connectivity index (χ4v) is 9.26. The number of rotatable bonds is 6. The monoisotopic (exact) mass is 553 g/mol. The van der Waals surface area contributed by atoms with Crippen molar-refractivity contribution in [2.24, 2.45) is 0 Å². The van der Waals surface area contributed by atoms with Gasteiger partial charge in [-0.25, -0.2) is 4.79 Å². The van der Waals surface area contributed by atoms with Crippen molar-refractivity contribution >= 4 is 33.9 Å². The highest BCUT2D eigenvalue weighted by Crippen LogP contribution is 2.53. The van der Waals surface area contributed by atoms with Crippen molar-refractivity contribution in [1.82, 2.24) is 4.90 Å². The minimum absolute atomic E-state index is 0.107. The Kier molecular flexibility index (Phi) is 8.22. The Hall–Kier alpha value is -2.99. The Morgan fingerprint density at radius 3 is 1.56 bits per heavy atom. The summed E-state index contributed by atoms with van der Waals surface area (Å²) in [5.74, 6) is 0. The first-order chi connectivity index (χ1) is 18.8.